The van der Waals surface area contributed by atoms with Crippen molar-refractivity contribution in [3.05, 3.63) is 41.5 Å². The molecule has 0 amide bonds. The van der Waals surface area contributed by atoms with Crippen LogP contribution in [0.5, 0.6) is 0 Å². The molecule has 0 saturated carbocycles. The molecular weight excluding hydrogens is 428 g/mol. The number of piperidine rings is 1. The molecule has 1 aromatic heterocycles. The number of rotatable bonds is 5. The van der Waals surface area contributed by atoms with Crippen molar-refractivity contribution in [3.63, 3.8) is 0 Å². The van der Waals surface area contributed by atoms with E-state index in [1.165, 1.54) is 0 Å². The minimum Gasteiger partial charge on any atom is -0.369 e. The summed E-state index contributed by atoms with van der Waals surface area (Å²) in [6, 6.07) is 9.34. The number of aliphatic imine (C=N–C) groups is 1. The topological polar surface area (TPSA) is 164 Å². The van der Waals surface area contributed by atoms with Crippen molar-refractivity contribution in [1.29, 1.82) is 0 Å². The number of primary sulfonamides is 1. The highest BCUT2D eigenvalue weighted by Crippen LogP contribution is 2.37. The van der Waals surface area contributed by atoms with Gasteiger partial charge >= 0.3 is 0 Å². The van der Waals surface area contributed by atoms with Crippen molar-refractivity contribution in [2.75, 3.05) is 25.5 Å². The fraction of sp³-hybridized carbons (Fsp3) is 0.333. The number of para-hydroxylation sites is 1. The van der Waals surface area contributed by atoms with Crippen molar-refractivity contribution in [3.8, 4) is 11.1 Å². The monoisotopic (exact) mass is 452 g/mol. The Morgan fingerprint density at radius 1 is 1.09 bits per heavy atom. The number of nitrogen functional groups attached to an aromatic ring is 1. The summed E-state index contributed by atoms with van der Waals surface area (Å²) in [7, 11) is -4.08. The van der Waals surface area contributed by atoms with E-state index in [9.17, 15) is 8.42 Å². The number of aromatic nitrogens is 2. The zero-order valence-electron chi connectivity index (χ0n) is 17.4. The largest absolute Gasteiger partial charge is 0.369 e. The Morgan fingerprint density at radius 2 is 1.91 bits per heavy atom. The van der Waals surface area contributed by atoms with Gasteiger partial charge in [0.2, 0.25) is 10.0 Å². The second-order valence-corrected chi connectivity index (χ2v) is 9.61. The Morgan fingerprint density at radius 3 is 2.62 bits per heavy atom. The predicted octanol–water partition coefficient (Wildman–Crippen LogP) is 2.17. The van der Waals surface area contributed by atoms with Crippen molar-refractivity contribution in [2.45, 2.75) is 24.2 Å². The van der Waals surface area contributed by atoms with Gasteiger partial charge in [0.1, 0.15) is 0 Å². The lowest BCUT2D eigenvalue weighted by molar-refractivity contribution is 0.371. The number of H-pyrrole nitrogens is 1. The fourth-order valence-electron chi connectivity index (χ4n) is 4.58. The molecule has 3 aromatic rings. The molecule has 0 atom stereocenters. The van der Waals surface area contributed by atoms with E-state index in [2.05, 4.69) is 30.5 Å². The summed E-state index contributed by atoms with van der Waals surface area (Å²) in [6.45, 7) is 1.99. The normalized spacial score (nSPS) is 17.2. The average molecular weight is 453 g/mol. The summed E-state index contributed by atoms with van der Waals surface area (Å²) < 4.78 is 25.8. The summed E-state index contributed by atoms with van der Waals surface area (Å²) in [4.78, 5) is 11.8. The minimum absolute atomic E-state index is 0.0636. The molecule has 0 unspecified atom stereocenters. The number of hydrogen-bond donors (Lipinski definition) is 4. The number of nitrogens with two attached hydrogens (primary N) is 2. The SMILES string of the molecule is Nc1nc2c(-c3ccc(CC4CCNCC4)c(S(N)(=O)=O)c3C3=NCN=N3)cccc2[nH]1. The predicted molar refractivity (Wildman–Crippen MR) is 123 cm³/mol. The number of sulfonamides is 1. The van der Waals surface area contributed by atoms with Gasteiger partial charge in [0.15, 0.2) is 18.5 Å². The van der Waals surface area contributed by atoms with Gasteiger partial charge in [-0.1, -0.05) is 24.3 Å². The summed E-state index contributed by atoms with van der Waals surface area (Å²) in [5, 5.41) is 17.2. The fourth-order valence-corrected chi connectivity index (χ4v) is 5.58. The molecule has 1 saturated heterocycles. The van der Waals surface area contributed by atoms with Crippen molar-refractivity contribution in [2.24, 2.45) is 26.3 Å². The number of nitrogens with zero attached hydrogens (tertiary/aromatic N) is 4. The van der Waals surface area contributed by atoms with Crippen LogP contribution in [0.4, 0.5) is 5.95 Å². The second kappa shape index (κ2) is 8.08. The van der Waals surface area contributed by atoms with Gasteiger partial charge in [-0.05, 0) is 55.5 Å². The molecule has 0 spiro atoms. The zero-order chi connectivity index (χ0) is 22.3. The van der Waals surface area contributed by atoms with Crippen LogP contribution in [0.3, 0.4) is 0 Å². The molecule has 10 nitrogen and oxygen atoms in total. The highest BCUT2D eigenvalue weighted by molar-refractivity contribution is 7.89. The van der Waals surface area contributed by atoms with Crippen LogP contribution in [-0.4, -0.2) is 44.0 Å². The van der Waals surface area contributed by atoms with Crippen LogP contribution in [-0.2, 0) is 16.4 Å². The Hall–Kier alpha value is -3.15. The molecule has 2 aliphatic rings. The van der Waals surface area contributed by atoms with Gasteiger partial charge in [0.05, 0.1) is 15.9 Å². The van der Waals surface area contributed by atoms with Gasteiger partial charge in [0.25, 0.3) is 0 Å². The van der Waals surface area contributed by atoms with Gasteiger partial charge in [-0.3, -0.25) is 0 Å². The van der Waals surface area contributed by atoms with Gasteiger partial charge in [-0.25, -0.2) is 23.5 Å². The van der Waals surface area contributed by atoms with Gasteiger partial charge in [0, 0.05) is 11.1 Å². The molecule has 11 heteroatoms. The summed E-state index contributed by atoms with van der Waals surface area (Å²) in [5.41, 5.74) is 9.65. The van der Waals surface area contributed by atoms with E-state index in [4.69, 9.17) is 10.9 Å². The number of azo groups is 1. The lowest BCUT2D eigenvalue weighted by Crippen LogP contribution is -2.29. The molecule has 3 heterocycles. The molecule has 1 fully saturated rings. The Labute approximate surface area is 185 Å². The van der Waals surface area contributed by atoms with Crippen LogP contribution in [0.1, 0.15) is 24.0 Å². The minimum atomic E-state index is -4.08. The summed E-state index contributed by atoms with van der Waals surface area (Å²) >= 11 is 0. The van der Waals surface area contributed by atoms with Gasteiger partial charge in [-0.15, -0.1) is 5.11 Å². The molecule has 6 N–H and O–H groups in total. The van der Waals surface area contributed by atoms with E-state index < -0.39 is 10.0 Å². The first kappa shape index (κ1) is 20.7. The number of imidazole rings is 1. The molecule has 0 aliphatic carbocycles. The molecule has 166 valence electrons. The van der Waals surface area contributed by atoms with Gasteiger partial charge < -0.3 is 16.0 Å². The maximum absolute atomic E-state index is 12.9. The van der Waals surface area contributed by atoms with Crippen molar-refractivity contribution >= 4 is 32.8 Å². The van der Waals surface area contributed by atoms with Crippen LogP contribution >= 0.6 is 0 Å². The molecule has 5 rings (SSSR count). The van der Waals surface area contributed by atoms with Crippen LogP contribution in [0.25, 0.3) is 22.2 Å². The number of fused-ring (bicyclic) bond motifs is 1. The van der Waals surface area contributed by atoms with E-state index in [1.807, 2.05) is 30.3 Å². The van der Waals surface area contributed by atoms with E-state index in [1.54, 1.807) is 0 Å². The smallest absolute Gasteiger partial charge is 0.239 e. The quantitative estimate of drug-likeness (QED) is 0.465. The summed E-state index contributed by atoms with van der Waals surface area (Å²) in [5.74, 6) is 0.912. The number of amidine groups is 1. The highest BCUT2D eigenvalue weighted by Gasteiger charge is 2.29. The third-order valence-electron chi connectivity index (χ3n) is 5.99. The van der Waals surface area contributed by atoms with Crippen LogP contribution in [0.15, 0.2) is 50.4 Å². The molecule has 2 aromatic carbocycles. The van der Waals surface area contributed by atoms with Crippen LogP contribution < -0.4 is 16.2 Å². The number of hydrogen-bond acceptors (Lipinski definition) is 8. The van der Waals surface area contributed by atoms with Crippen LogP contribution in [0, 0.1) is 5.92 Å². The molecule has 2 aliphatic heterocycles. The maximum atomic E-state index is 12.9. The van der Waals surface area contributed by atoms with E-state index in [0.717, 1.165) is 31.4 Å². The van der Waals surface area contributed by atoms with Crippen LogP contribution in [0.2, 0.25) is 0 Å². The Balaban J connectivity index is 1.77. The molecule has 0 radical (unpaired) electrons. The Bertz CT molecular complexity index is 1350. The second-order valence-electron chi connectivity index (χ2n) is 8.11. The number of nitrogens with one attached hydrogen (secondary N) is 2. The van der Waals surface area contributed by atoms with E-state index in [-0.39, 0.29) is 23.3 Å². The maximum Gasteiger partial charge on any atom is 0.239 e. The third-order valence-corrected chi connectivity index (χ3v) is 7.02. The van der Waals surface area contributed by atoms with E-state index in [0.29, 0.717) is 40.1 Å². The molecule has 32 heavy (non-hydrogen) atoms. The third kappa shape index (κ3) is 3.78. The first-order valence-electron chi connectivity index (χ1n) is 10.5. The first-order valence-corrected chi connectivity index (χ1v) is 12.0. The van der Waals surface area contributed by atoms with Crippen molar-refractivity contribution < 1.29 is 8.42 Å². The summed E-state index contributed by atoms with van der Waals surface area (Å²) in [6.07, 6.45) is 2.58. The zero-order valence-corrected chi connectivity index (χ0v) is 18.2. The highest BCUT2D eigenvalue weighted by atomic mass is 32.2. The standard InChI is InChI=1S/C21H24N8O2S/c22-21-27-16-3-1-2-15(18(16)28-21)14-5-4-13(10-12-6-8-24-9-7-12)19(32(23,30)31)17(14)20-25-11-26-29-20/h1-5,12,24H,6-11H2,(H3,22,27,28)(H2,23,30,31). The molecule has 0 bridgehead atoms. The lowest BCUT2D eigenvalue weighted by Gasteiger charge is -2.24. The molecular formula is C21H24N8O2S. The van der Waals surface area contributed by atoms with E-state index >= 15 is 0 Å². The Kier molecular flexibility index (Phi) is 5.24. The lowest BCUT2D eigenvalue weighted by atomic mass is 9.88. The average Bonchev–Trinajstić information content (AvgIpc) is 3.42. The number of aromatic amines is 1. The van der Waals surface area contributed by atoms with Gasteiger partial charge in [-0.2, -0.15) is 5.11 Å². The van der Waals surface area contributed by atoms with Crippen molar-refractivity contribution in [1.82, 2.24) is 15.3 Å². The number of anilines is 1. The first-order chi connectivity index (χ1) is 15.4. The number of benzene rings is 2.